The summed E-state index contributed by atoms with van der Waals surface area (Å²) in [5.41, 5.74) is 1.93. The second-order valence-corrected chi connectivity index (χ2v) is 11.3. The summed E-state index contributed by atoms with van der Waals surface area (Å²) in [5, 5.41) is 0.122. The number of hydrogen-bond acceptors (Lipinski definition) is 12. The van der Waals surface area contributed by atoms with Gasteiger partial charge in [0.05, 0.1) is 52.9 Å². The summed E-state index contributed by atoms with van der Waals surface area (Å²) in [6, 6.07) is 11.3. The molecule has 0 fully saturated rings. The summed E-state index contributed by atoms with van der Waals surface area (Å²) in [6.45, 7) is 7.64. The first-order valence-corrected chi connectivity index (χ1v) is 15.8. The van der Waals surface area contributed by atoms with E-state index in [-0.39, 0.29) is 10.2 Å². The van der Waals surface area contributed by atoms with Gasteiger partial charge in [-0.2, -0.15) is 0 Å². The summed E-state index contributed by atoms with van der Waals surface area (Å²) >= 11 is 2.49. The van der Waals surface area contributed by atoms with Crippen molar-refractivity contribution >= 4 is 33.8 Å². The third-order valence-electron chi connectivity index (χ3n) is 5.59. The molecule has 2 aromatic carbocycles. The van der Waals surface area contributed by atoms with Gasteiger partial charge in [-0.25, -0.2) is 0 Å². The Labute approximate surface area is 256 Å². The van der Waals surface area contributed by atoms with E-state index >= 15 is 0 Å². The highest BCUT2D eigenvalue weighted by molar-refractivity contribution is 8.13. The molecule has 0 saturated heterocycles. The van der Waals surface area contributed by atoms with E-state index in [0.717, 1.165) is 11.1 Å². The molecular weight excluding hydrogens is 584 g/mol. The molecule has 0 unspecified atom stereocenters. The van der Waals surface area contributed by atoms with Crippen LogP contribution < -0.4 is 18.9 Å². The molecule has 0 aromatic heterocycles. The zero-order chi connectivity index (χ0) is 29.8. The number of rotatable bonds is 4. The number of ether oxygens (including phenoxy) is 8. The van der Waals surface area contributed by atoms with Crippen molar-refractivity contribution in [3.8, 4) is 23.0 Å². The van der Waals surface area contributed by atoms with Crippen LogP contribution in [-0.2, 0) is 40.0 Å². The predicted octanol–water partition coefficient (Wildman–Crippen LogP) is 4.54. The summed E-state index contributed by atoms with van der Waals surface area (Å²) in [7, 11) is 0. The number of carbonyl (C=O) groups is 2. The molecule has 10 nitrogen and oxygen atoms in total. The lowest BCUT2D eigenvalue weighted by Gasteiger charge is -2.15. The van der Waals surface area contributed by atoms with E-state index in [1.165, 1.54) is 23.5 Å². The van der Waals surface area contributed by atoms with Crippen LogP contribution in [0.5, 0.6) is 23.0 Å². The van der Waals surface area contributed by atoms with Crippen molar-refractivity contribution in [1.82, 2.24) is 0 Å². The van der Waals surface area contributed by atoms with Gasteiger partial charge in [0, 0.05) is 25.4 Å². The Bertz CT molecular complexity index is 1010. The quantitative estimate of drug-likeness (QED) is 0.477. The minimum absolute atomic E-state index is 0.0610. The molecule has 0 saturated carbocycles. The van der Waals surface area contributed by atoms with Crippen molar-refractivity contribution in [3.63, 3.8) is 0 Å². The van der Waals surface area contributed by atoms with Crippen LogP contribution in [0.2, 0.25) is 0 Å². The van der Waals surface area contributed by atoms with E-state index in [0.29, 0.717) is 114 Å². The fourth-order valence-electron chi connectivity index (χ4n) is 3.60. The maximum Gasteiger partial charge on any atom is 0.186 e. The third kappa shape index (κ3) is 14.1. The zero-order valence-corrected chi connectivity index (χ0v) is 25.9. The molecule has 12 heteroatoms. The Morgan fingerprint density at radius 1 is 0.500 bits per heavy atom. The first-order valence-electron chi connectivity index (χ1n) is 13.9. The summed E-state index contributed by atoms with van der Waals surface area (Å²) < 4.78 is 46.3. The predicted molar refractivity (Wildman–Crippen MR) is 162 cm³/mol. The molecule has 1 aliphatic heterocycles. The number of fused-ring (bicyclic) bond motifs is 2. The normalized spacial score (nSPS) is 16.6. The molecule has 3 rings (SSSR count). The Morgan fingerprint density at radius 2 is 0.810 bits per heavy atom. The maximum absolute atomic E-state index is 11.4. The lowest BCUT2D eigenvalue weighted by molar-refractivity contribution is -0.109. The Hall–Kier alpha value is -2.48. The second kappa shape index (κ2) is 20.4. The van der Waals surface area contributed by atoms with Crippen molar-refractivity contribution in [2.24, 2.45) is 0 Å². The van der Waals surface area contributed by atoms with Crippen molar-refractivity contribution in [3.05, 3.63) is 47.5 Å². The fourth-order valence-corrected chi connectivity index (χ4v) is 4.70. The van der Waals surface area contributed by atoms with Gasteiger partial charge in [0.15, 0.2) is 33.2 Å². The third-order valence-corrected chi connectivity index (χ3v) is 7.35. The van der Waals surface area contributed by atoms with Gasteiger partial charge in [-0.15, -0.1) is 0 Å². The van der Waals surface area contributed by atoms with Crippen LogP contribution in [0.15, 0.2) is 36.4 Å². The molecule has 0 radical (unpaired) electrons. The van der Waals surface area contributed by atoms with Gasteiger partial charge >= 0.3 is 0 Å². The van der Waals surface area contributed by atoms with Gasteiger partial charge in [0.2, 0.25) is 0 Å². The van der Waals surface area contributed by atoms with E-state index in [4.69, 9.17) is 37.9 Å². The molecule has 0 aliphatic carbocycles. The van der Waals surface area contributed by atoms with Crippen molar-refractivity contribution < 1.29 is 47.5 Å². The van der Waals surface area contributed by atoms with Crippen molar-refractivity contribution in [1.29, 1.82) is 0 Å². The Balaban J connectivity index is 1.53. The molecule has 0 amide bonds. The van der Waals surface area contributed by atoms with E-state index in [1.807, 2.05) is 36.4 Å². The highest BCUT2D eigenvalue weighted by atomic mass is 32.2. The lowest BCUT2D eigenvalue weighted by Crippen LogP contribution is -2.15. The van der Waals surface area contributed by atoms with Gasteiger partial charge in [-0.3, -0.25) is 9.59 Å². The minimum atomic E-state index is 0.0610. The van der Waals surface area contributed by atoms with Crippen LogP contribution in [0.3, 0.4) is 0 Å². The van der Waals surface area contributed by atoms with Crippen molar-refractivity contribution in [2.75, 3.05) is 79.3 Å². The van der Waals surface area contributed by atoms with Gasteiger partial charge in [-0.1, -0.05) is 35.7 Å². The molecule has 42 heavy (non-hydrogen) atoms. The zero-order valence-electron chi connectivity index (χ0n) is 24.3. The van der Waals surface area contributed by atoms with Gasteiger partial charge in [0.1, 0.15) is 26.4 Å². The topological polar surface area (TPSA) is 108 Å². The molecule has 1 heterocycles. The Kier molecular flexibility index (Phi) is 16.5. The molecule has 0 spiro atoms. The molecule has 2 aromatic rings. The number of benzene rings is 2. The first-order chi connectivity index (χ1) is 20.5. The molecule has 232 valence electrons. The second-order valence-electron chi connectivity index (χ2n) is 8.97. The van der Waals surface area contributed by atoms with Crippen LogP contribution in [-0.4, -0.2) is 89.5 Å². The fraction of sp³-hybridized carbons (Fsp3) is 0.533. The molecular formula is C30H40O10S2. The largest absolute Gasteiger partial charge is 0.487 e. The molecule has 0 atom stereocenters. The number of hydrogen-bond donors (Lipinski definition) is 0. The molecule has 0 N–H and O–H groups in total. The average Bonchev–Trinajstić information content (AvgIpc) is 2.97. The van der Waals surface area contributed by atoms with Gasteiger partial charge in [0.25, 0.3) is 0 Å². The molecule has 0 bridgehead atoms. The van der Waals surface area contributed by atoms with E-state index in [2.05, 4.69) is 0 Å². The van der Waals surface area contributed by atoms with E-state index in [9.17, 15) is 9.59 Å². The van der Waals surface area contributed by atoms with Crippen LogP contribution in [0.1, 0.15) is 25.0 Å². The van der Waals surface area contributed by atoms with Crippen LogP contribution >= 0.6 is 23.5 Å². The van der Waals surface area contributed by atoms with Crippen LogP contribution in [0.25, 0.3) is 0 Å². The highest BCUT2D eigenvalue weighted by Gasteiger charge is 2.10. The standard InChI is InChI=1S/C30H40O10S2/c1-23(31)41-21-25-3-5-27-29(19-25)39-17-13-35-9-7-34-12-16-38-28-6-4-26(22-42-24(2)32)20-30(28)40-18-14-36-10-8-33-11-15-37-27/h3-6,19-20H,7-18,21-22H2,1-2H3. The van der Waals surface area contributed by atoms with Gasteiger partial charge in [-0.05, 0) is 35.4 Å². The lowest BCUT2D eigenvalue weighted by atomic mass is 10.2. The maximum atomic E-state index is 11.4. The monoisotopic (exact) mass is 624 g/mol. The average molecular weight is 625 g/mol. The van der Waals surface area contributed by atoms with Crippen LogP contribution in [0.4, 0.5) is 0 Å². The van der Waals surface area contributed by atoms with E-state index < -0.39 is 0 Å². The first kappa shape index (κ1) is 34.0. The summed E-state index contributed by atoms with van der Waals surface area (Å²) in [4.78, 5) is 22.7. The van der Waals surface area contributed by atoms with Gasteiger partial charge < -0.3 is 37.9 Å². The van der Waals surface area contributed by atoms with E-state index in [1.54, 1.807) is 13.8 Å². The van der Waals surface area contributed by atoms with Crippen LogP contribution in [0, 0.1) is 0 Å². The SMILES string of the molecule is CC(=O)SCc1ccc2c(c1)OCCOCCOCCOc1ccc(CSC(C)=O)cc1OCCOCCOCCO2. The number of thioether (sulfide) groups is 2. The minimum Gasteiger partial charge on any atom is -0.487 e. The smallest absolute Gasteiger partial charge is 0.186 e. The van der Waals surface area contributed by atoms with Crippen molar-refractivity contribution in [2.45, 2.75) is 25.4 Å². The number of carbonyl (C=O) groups excluding carboxylic acids is 2. The Morgan fingerprint density at radius 3 is 1.14 bits per heavy atom. The summed E-state index contributed by atoms with van der Waals surface area (Å²) in [5.74, 6) is 3.51. The molecule has 1 aliphatic rings. The highest BCUT2D eigenvalue weighted by Crippen LogP contribution is 2.31. The summed E-state index contributed by atoms with van der Waals surface area (Å²) in [6.07, 6.45) is 0.